The Morgan fingerprint density at radius 1 is 1.06 bits per heavy atom. The van der Waals surface area contributed by atoms with E-state index in [1.54, 1.807) is 0 Å². The second-order valence-corrected chi connectivity index (χ2v) is 4.10. The molecule has 0 radical (unpaired) electrons. The second kappa shape index (κ2) is 3.97. The maximum atomic E-state index is 4.19. The molecule has 1 aliphatic heterocycles. The summed E-state index contributed by atoms with van der Waals surface area (Å²) in [5.41, 5.74) is 3.97. The molecule has 0 unspecified atom stereocenters. The first-order chi connectivity index (χ1) is 7.95. The van der Waals surface area contributed by atoms with E-state index in [4.69, 9.17) is 0 Å². The molecule has 3 rings (SSSR count). The fraction of sp³-hybridized carbons (Fsp3) is 0.214. The van der Waals surface area contributed by atoms with E-state index < -0.39 is 0 Å². The zero-order valence-electron chi connectivity index (χ0n) is 9.13. The van der Waals surface area contributed by atoms with Crippen molar-refractivity contribution in [2.75, 3.05) is 11.4 Å². The first-order valence-corrected chi connectivity index (χ1v) is 5.70. The number of hydrogen-bond acceptors (Lipinski definition) is 2. The van der Waals surface area contributed by atoms with Crippen LogP contribution in [0.4, 0.5) is 11.4 Å². The van der Waals surface area contributed by atoms with Gasteiger partial charge in [-0.05, 0) is 36.6 Å². The first-order valence-electron chi connectivity index (χ1n) is 5.70. The highest BCUT2D eigenvalue weighted by Crippen LogP contribution is 2.32. The zero-order chi connectivity index (χ0) is 10.8. The number of nitrogens with zero attached hydrogens (tertiary/aromatic N) is 2. The van der Waals surface area contributed by atoms with Crippen molar-refractivity contribution < 1.29 is 0 Å². The monoisotopic (exact) mass is 210 g/mol. The lowest BCUT2D eigenvalue weighted by molar-refractivity contribution is 0.766. The van der Waals surface area contributed by atoms with Crippen molar-refractivity contribution in [3.05, 3.63) is 54.4 Å². The van der Waals surface area contributed by atoms with Crippen LogP contribution in [0, 0.1) is 0 Å². The lowest BCUT2D eigenvalue weighted by Crippen LogP contribution is -2.24. The van der Waals surface area contributed by atoms with E-state index in [9.17, 15) is 0 Å². The lowest BCUT2D eigenvalue weighted by atomic mass is 10.0. The summed E-state index contributed by atoms with van der Waals surface area (Å²) in [7, 11) is 0. The van der Waals surface area contributed by atoms with Gasteiger partial charge in [-0.2, -0.15) is 0 Å². The van der Waals surface area contributed by atoms with Gasteiger partial charge >= 0.3 is 0 Å². The third kappa shape index (κ3) is 1.56. The smallest absolute Gasteiger partial charge is 0.0597 e. The summed E-state index contributed by atoms with van der Waals surface area (Å²) in [5.74, 6) is 0. The number of fused-ring (bicyclic) bond motifs is 1. The van der Waals surface area contributed by atoms with Gasteiger partial charge in [-0.15, -0.1) is 0 Å². The standard InChI is InChI=1S/C14H14N2/c1-2-8-14-12(5-1)6-4-10-16(14)13-7-3-9-15-11-13/h1-3,5,7-9,11H,4,6,10H2. The van der Waals surface area contributed by atoms with Gasteiger partial charge in [0, 0.05) is 18.4 Å². The number of aryl methyl sites for hydroxylation is 1. The van der Waals surface area contributed by atoms with Gasteiger partial charge in [-0.25, -0.2) is 0 Å². The van der Waals surface area contributed by atoms with Gasteiger partial charge in [0.2, 0.25) is 0 Å². The van der Waals surface area contributed by atoms with Gasteiger partial charge in [0.15, 0.2) is 0 Å². The Balaban J connectivity index is 2.05. The Morgan fingerprint density at radius 3 is 2.88 bits per heavy atom. The van der Waals surface area contributed by atoms with Crippen LogP contribution in [0.3, 0.4) is 0 Å². The van der Waals surface area contributed by atoms with Crippen LogP contribution >= 0.6 is 0 Å². The molecular weight excluding hydrogens is 196 g/mol. The summed E-state index contributed by atoms with van der Waals surface area (Å²) < 4.78 is 0. The molecule has 0 amide bonds. The molecule has 2 aromatic rings. The molecule has 0 aliphatic carbocycles. The maximum absolute atomic E-state index is 4.19. The largest absolute Gasteiger partial charge is 0.340 e. The van der Waals surface area contributed by atoms with Crippen LogP contribution in [0.15, 0.2) is 48.8 Å². The highest BCUT2D eigenvalue weighted by Gasteiger charge is 2.17. The molecule has 0 bridgehead atoms. The number of para-hydroxylation sites is 1. The first kappa shape index (κ1) is 9.40. The topological polar surface area (TPSA) is 16.1 Å². The molecule has 2 nitrogen and oxygen atoms in total. The highest BCUT2D eigenvalue weighted by molar-refractivity contribution is 5.66. The second-order valence-electron chi connectivity index (χ2n) is 4.10. The summed E-state index contributed by atoms with van der Waals surface area (Å²) in [4.78, 5) is 6.54. The Hall–Kier alpha value is -1.83. The van der Waals surface area contributed by atoms with Crippen LogP contribution in [-0.4, -0.2) is 11.5 Å². The van der Waals surface area contributed by atoms with Crippen LogP contribution in [0.1, 0.15) is 12.0 Å². The van der Waals surface area contributed by atoms with Crippen molar-refractivity contribution in [1.82, 2.24) is 4.98 Å². The molecule has 0 fully saturated rings. The summed E-state index contributed by atoms with van der Waals surface area (Å²) in [6.45, 7) is 1.09. The van der Waals surface area contributed by atoms with Crippen molar-refractivity contribution in [3.63, 3.8) is 0 Å². The minimum Gasteiger partial charge on any atom is -0.340 e. The predicted octanol–water partition coefficient (Wildman–Crippen LogP) is 3.17. The third-order valence-corrected chi connectivity index (χ3v) is 3.07. The van der Waals surface area contributed by atoms with Gasteiger partial charge in [0.1, 0.15) is 0 Å². The normalized spacial score (nSPS) is 14.6. The van der Waals surface area contributed by atoms with E-state index in [0.29, 0.717) is 0 Å². The van der Waals surface area contributed by atoms with Crippen LogP contribution in [0.25, 0.3) is 0 Å². The van der Waals surface area contributed by atoms with Crippen LogP contribution < -0.4 is 4.90 Å². The number of pyridine rings is 1. The molecule has 0 atom stereocenters. The van der Waals surface area contributed by atoms with E-state index >= 15 is 0 Å². The summed E-state index contributed by atoms with van der Waals surface area (Å²) in [6, 6.07) is 12.8. The predicted molar refractivity (Wildman–Crippen MR) is 66.0 cm³/mol. The molecule has 2 heteroatoms. The average Bonchev–Trinajstić information content (AvgIpc) is 2.39. The summed E-state index contributed by atoms with van der Waals surface area (Å²) in [6.07, 6.45) is 6.15. The molecule has 2 heterocycles. The van der Waals surface area contributed by atoms with Crippen molar-refractivity contribution in [2.24, 2.45) is 0 Å². The van der Waals surface area contributed by atoms with Crippen molar-refractivity contribution in [1.29, 1.82) is 0 Å². The summed E-state index contributed by atoms with van der Waals surface area (Å²) in [5, 5.41) is 0. The fourth-order valence-electron chi connectivity index (χ4n) is 2.32. The number of anilines is 2. The van der Waals surface area contributed by atoms with Gasteiger partial charge in [0.05, 0.1) is 11.9 Å². The zero-order valence-corrected chi connectivity index (χ0v) is 9.13. The number of rotatable bonds is 1. The molecule has 1 aliphatic rings. The Morgan fingerprint density at radius 2 is 2.00 bits per heavy atom. The van der Waals surface area contributed by atoms with E-state index in [-0.39, 0.29) is 0 Å². The van der Waals surface area contributed by atoms with Gasteiger partial charge in [0.25, 0.3) is 0 Å². The van der Waals surface area contributed by atoms with E-state index in [2.05, 4.69) is 40.2 Å². The van der Waals surface area contributed by atoms with Crippen LogP contribution in [-0.2, 0) is 6.42 Å². The molecule has 1 aromatic carbocycles. The van der Waals surface area contributed by atoms with Crippen molar-refractivity contribution in [3.8, 4) is 0 Å². The molecule has 0 N–H and O–H groups in total. The Bertz CT molecular complexity index is 479. The molecule has 0 saturated heterocycles. The van der Waals surface area contributed by atoms with Crippen molar-refractivity contribution in [2.45, 2.75) is 12.8 Å². The van der Waals surface area contributed by atoms with E-state index in [1.165, 1.54) is 29.8 Å². The SMILES string of the molecule is c1cncc(N2CCCc3ccccc32)c1. The van der Waals surface area contributed by atoms with E-state index in [0.717, 1.165) is 6.54 Å². The number of benzene rings is 1. The highest BCUT2D eigenvalue weighted by atomic mass is 15.1. The fourth-order valence-corrected chi connectivity index (χ4v) is 2.32. The van der Waals surface area contributed by atoms with Gasteiger partial charge in [-0.1, -0.05) is 18.2 Å². The lowest BCUT2D eigenvalue weighted by Gasteiger charge is -2.30. The quantitative estimate of drug-likeness (QED) is 0.718. The molecule has 1 aromatic heterocycles. The number of aromatic nitrogens is 1. The molecule has 0 spiro atoms. The van der Waals surface area contributed by atoms with Gasteiger partial charge in [-0.3, -0.25) is 4.98 Å². The molecule has 80 valence electrons. The Labute approximate surface area is 95.6 Å². The maximum Gasteiger partial charge on any atom is 0.0597 e. The molecular formula is C14H14N2. The van der Waals surface area contributed by atoms with E-state index in [1.807, 2.05) is 18.5 Å². The average molecular weight is 210 g/mol. The summed E-state index contributed by atoms with van der Waals surface area (Å²) >= 11 is 0. The molecule has 16 heavy (non-hydrogen) atoms. The minimum atomic E-state index is 1.09. The van der Waals surface area contributed by atoms with Crippen LogP contribution in [0.5, 0.6) is 0 Å². The minimum absolute atomic E-state index is 1.09. The molecule has 0 saturated carbocycles. The van der Waals surface area contributed by atoms with Crippen molar-refractivity contribution >= 4 is 11.4 Å². The third-order valence-electron chi connectivity index (χ3n) is 3.07. The van der Waals surface area contributed by atoms with Crippen LogP contribution in [0.2, 0.25) is 0 Å². The number of hydrogen-bond donors (Lipinski definition) is 0. The Kier molecular flexibility index (Phi) is 2.33. The van der Waals surface area contributed by atoms with Gasteiger partial charge < -0.3 is 4.90 Å².